The lowest BCUT2D eigenvalue weighted by molar-refractivity contribution is -0.384. The molecule has 0 radical (unpaired) electrons. The van der Waals surface area contributed by atoms with Crippen LogP contribution in [0.1, 0.15) is 43.0 Å². The van der Waals surface area contributed by atoms with Crippen molar-refractivity contribution in [3.05, 3.63) is 33.9 Å². The number of rotatable bonds is 7. The summed E-state index contributed by atoms with van der Waals surface area (Å²) >= 11 is 0. The average molecular weight is 291 g/mol. The first kappa shape index (κ1) is 15.3. The van der Waals surface area contributed by atoms with E-state index >= 15 is 0 Å². The highest BCUT2D eigenvalue weighted by Crippen LogP contribution is 2.49. The van der Waals surface area contributed by atoms with Crippen LogP contribution in [0.3, 0.4) is 0 Å². The van der Waals surface area contributed by atoms with E-state index in [1.165, 1.54) is 19.2 Å². The van der Waals surface area contributed by atoms with E-state index in [4.69, 9.17) is 0 Å². The summed E-state index contributed by atoms with van der Waals surface area (Å²) in [4.78, 5) is 22.3. The number of carbonyl (C=O) groups excluding carboxylic acids is 1. The number of hydrogen-bond acceptors (Lipinski definition) is 4. The van der Waals surface area contributed by atoms with Gasteiger partial charge in [-0.25, -0.2) is 0 Å². The highest BCUT2D eigenvalue weighted by molar-refractivity contribution is 5.95. The van der Waals surface area contributed by atoms with Gasteiger partial charge in [-0.3, -0.25) is 14.9 Å². The third kappa shape index (κ3) is 3.51. The van der Waals surface area contributed by atoms with Crippen LogP contribution in [-0.2, 0) is 0 Å². The summed E-state index contributed by atoms with van der Waals surface area (Å²) in [5, 5.41) is 16.8. The van der Waals surface area contributed by atoms with Crippen LogP contribution in [0.25, 0.3) is 0 Å². The molecule has 6 heteroatoms. The maximum atomic E-state index is 11.7. The molecule has 1 fully saturated rings. The summed E-state index contributed by atoms with van der Waals surface area (Å²) < 4.78 is 0. The fraction of sp³-hybridized carbons (Fsp3) is 0.533. The van der Waals surface area contributed by atoms with Gasteiger partial charge in [0.2, 0.25) is 0 Å². The van der Waals surface area contributed by atoms with Gasteiger partial charge < -0.3 is 10.6 Å². The highest BCUT2D eigenvalue weighted by atomic mass is 16.6. The van der Waals surface area contributed by atoms with Gasteiger partial charge in [-0.15, -0.1) is 0 Å². The van der Waals surface area contributed by atoms with Gasteiger partial charge in [0.25, 0.3) is 11.6 Å². The molecule has 21 heavy (non-hydrogen) atoms. The standard InChI is InChI=1S/C15H21N3O3/c1-3-6-15(7-8-15)10-17-12-9-11(14(19)16-2)4-5-13(12)18(20)21/h4-5,9,17H,3,6-8,10H2,1-2H3,(H,16,19). The number of amides is 1. The van der Waals surface area contributed by atoms with E-state index in [0.717, 1.165) is 32.2 Å². The number of nitrogens with one attached hydrogen (secondary N) is 2. The number of nitro groups is 1. The van der Waals surface area contributed by atoms with Crippen LogP contribution in [0.15, 0.2) is 18.2 Å². The van der Waals surface area contributed by atoms with Crippen molar-refractivity contribution in [2.75, 3.05) is 18.9 Å². The molecule has 0 aromatic heterocycles. The Morgan fingerprint density at radius 3 is 2.67 bits per heavy atom. The van der Waals surface area contributed by atoms with E-state index in [0.29, 0.717) is 11.3 Å². The molecule has 1 saturated carbocycles. The van der Waals surface area contributed by atoms with Crippen molar-refractivity contribution in [2.24, 2.45) is 5.41 Å². The third-order valence-corrected chi connectivity index (χ3v) is 4.07. The van der Waals surface area contributed by atoms with Crippen LogP contribution in [0.5, 0.6) is 0 Å². The van der Waals surface area contributed by atoms with Crippen LogP contribution in [0.2, 0.25) is 0 Å². The fourth-order valence-corrected chi connectivity index (χ4v) is 2.63. The number of nitrogens with zero attached hydrogens (tertiary/aromatic N) is 1. The van der Waals surface area contributed by atoms with Crippen molar-refractivity contribution in [2.45, 2.75) is 32.6 Å². The lowest BCUT2D eigenvalue weighted by Crippen LogP contribution is -2.19. The maximum absolute atomic E-state index is 11.7. The second kappa shape index (κ2) is 6.11. The van der Waals surface area contributed by atoms with Gasteiger partial charge in [0.05, 0.1) is 4.92 Å². The molecule has 0 saturated heterocycles. The lowest BCUT2D eigenvalue weighted by Gasteiger charge is -2.16. The molecule has 0 heterocycles. The number of hydrogen-bond donors (Lipinski definition) is 2. The predicted octanol–water partition coefficient (Wildman–Crippen LogP) is 2.95. The van der Waals surface area contributed by atoms with Crippen molar-refractivity contribution >= 4 is 17.3 Å². The number of carbonyl (C=O) groups is 1. The Morgan fingerprint density at radius 1 is 1.43 bits per heavy atom. The van der Waals surface area contributed by atoms with Crippen molar-refractivity contribution in [3.63, 3.8) is 0 Å². The predicted molar refractivity (Wildman–Crippen MR) is 81.6 cm³/mol. The highest BCUT2D eigenvalue weighted by Gasteiger charge is 2.41. The summed E-state index contributed by atoms with van der Waals surface area (Å²) in [6.07, 6.45) is 4.57. The SMILES string of the molecule is CCCC1(CNc2cc(C(=O)NC)ccc2[N+](=O)[O-])CC1. The van der Waals surface area contributed by atoms with Crippen LogP contribution in [-0.4, -0.2) is 24.4 Å². The zero-order valence-electron chi connectivity index (χ0n) is 12.4. The van der Waals surface area contributed by atoms with Gasteiger partial charge >= 0.3 is 0 Å². The number of nitro benzene ring substituents is 1. The fourth-order valence-electron chi connectivity index (χ4n) is 2.63. The third-order valence-electron chi connectivity index (χ3n) is 4.07. The summed E-state index contributed by atoms with van der Waals surface area (Å²) in [6.45, 7) is 2.87. The number of anilines is 1. The number of benzene rings is 1. The smallest absolute Gasteiger partial charge is 0.292 e. The zero-order valence-corrected chi connectivity index (χ0v) is 12.4. The van der Waals surface area contributed by atoms with Crippen LogP contribution >= 0.6 is 0 Å². The van der Waals surface area contributed by atoms with E-state index in [1.54, 1.807) is 6.07 Å². The van der Waals surface area contributed by atoms with E-state index in [-0.39, 0.29) is 17.0 Å². The van der Waals surface area contributed by atoms with Crippen molar-refractivity contribution in [3.8, 4) is 0 Å². The average Bonchev–Trinajstić information content (AvgIpc) is 3.24. The van der Waals surface area contributed by atoms with Crippen LogP contribution in [0.4, 0.5) is 11.4 Å². The van der Waals surface area contributed by atoms with Gasteiger partial charge in [0, 0.05) is 25.2 Å². The molecule has 0 bridgehead atoms. The molecule has 0 aliphatic heterocycles. The Hall–Kier alpha value is -2.11. The molecular weight excluding hydrogens is 270 g/mol. The van der Waals surface area contributed by atoms with Gasteiger partial charge in [-0.2, -0.15) is 0 Å². The Kier molecular flexibility index (Phi) is 4.45. The Balaban J connectivity index is 2.18. The molecule has 1 aromatic rings. The minimum Gasteiger partial charge on any atom is -0.379 e. The molecule has 0 atom stereocenters. The Bertz CT molecular complexity index is 553. The molecule has 1 amide bonds. The van der Waals surface area contributed by atoms with E-state index in [2.05, 4.69) is 17.6 Å². The van der Waals surface area contributed by atoms with Gasteiger partial charge in [0.15, 0.2) is 0 Å². The van der Waals surface area contributed by atoms with Gasteiger partial charge in [-0.1, -0.05) is 13.3 Å². The molecule has 0 unspecified atom stereocenters. The van der Waals surface area contributed by atoms with Gasteiger partial charge in [0.1, 0.15) is 5.69 Å². The topological polar surface area (TPSA) is 84.3 Å². The van der Waals surface area contributed by atoms with Crippen molar-refractivity contribution < 1.29 is 9.72 Å². The largest absolute Gasteiger partial charge is 0.379 e. The first-order valence-corrected chi connectivity index (χ1v) is 7.26. The molecule has 6 nitrogen and oxygen atoms in total. The zero-order chi connectivity index (χ0) is 15.5. The van der Waals surface area contributed by atoms with Crippen LogP contribution < -0.4 is 10.6 Å². The van der Waals surface area contributed by atoms with Crippen molar-refractivity contribution in [1.29, 1.82) is 0 Å². The second-order valence-electron chi connectivity index (χ2n) is 5.67. The normalized spacial score (nSPS) is 15.3. The Labute approximate surface area is 124 Å². The van der Waals surface area contributed by atoms with E-state index in [1.807, 2.05) is 0 Å². The molecule has 114 valence electrons. The maximum Gasteiger partial charge on any atom is 0.292 e. The van der Waals surface area contributed by atoms with E-state index < -0.39 is 4.92 Å². The second-order valence-corrected chi connectivity index (χ2v) is 5.67. The first-order chi connectivity index (χ1) is 10.0. The minimum atomic E-state index is -0.421. The molecule has 2 N–H and O–H groups in total. The molecule has 2 rings (SSSR count). The summed E-state index contributed by atoms with van der Waals surface area (Å²) in [6, 6.07) is 4.41. The minimum absolute atomic E-state index is 0.00921. The molecule has 0 spiro atoms. The van der Waals surface area contributed by atoms with Gasteiger partial charge in [-0.05, 0) is 36.8 Å². The molecule has 1 aromatic carbocycles. The lowest BCUT2D eigenvalue weighted by atomic mass is 10.0. The van der Waals surface area contributed by atoms with Crippen LogP contribution in [0, 0.1) is 15.5 Å². The van der Waals surface area contributed by atoms with E-state index in [9.17, 15) is 14.9 Å². The van der Waals surface area contributed by atoms with Crippen molar-refractivity contribution in [1.82, 2.24) is 5.32 Å². The Morgan fingerprint density at radius 2 is 2.14 bits per heavy atom. The summed E-state index contributed by atoms with van der Waals surface area (Å²) in [7, 11) is 1.54. The summed E-state index contributed by atoms with van der Waals surface area (Å²) in [5.41, 5.74) is 1.13. The first-order valence-electron chi connectivity index (χ1n) is 7.26. The molecule has 1 aliphatic rings. The quantitative estimate of drug-likeness (QED) is 0.597. The molecular formula is C15H21N3O3. The summed E-state index contributed by atoms with van der Waals surface area (Å²) in [5.74, 6) is -0.248. The molecule has 1 aliphatic carbocycles. The monoisotopic (exact) mass is 291 g/mol.